The van der Waals surface area contributed by atoms with Gasteiger partial charge in [-0.3, -0.25) is 9.59 Å². The molecule has 4 aliphatic rings. The largest absolute Gasteiger partial charge is 0.497 e. The monoisotopic (exact) mass is 606 g/mol. The first-order valence-corrected chi connectivity index (χ1v) is 17.0. The molecule has 1 saturated carbocycles. The van der Waals surface area contributed by atoms with Gasteiger partial charge in [-0.05, 0) is 67.9 Å². The molecule has 2 aromatic rings. The topological polar surface area (TPSA) is 110 Å². The van der Waals surface area contributed by atoms with Crippen molar-refractivity contribution in [3.05, 3.63) is 70.7 Å². The lowest BCUT2D eigenvalue weighted by atomic mass is 9.74. The molecule has 1 atom stereocenters. The van der Waals surface area contributed by atoms with Crippen LogP contribution < -0.4 is 10.0 Å². The number of carbonyl (C=O) groups is 2. The van der Waals surface area contributed by atoms with Crippen LogP contribution in [0.3, 0.4) is 0 Å². The molecular formula is C33H42N4O5S. The fraction of sp³-hybridized carbons (Fsp3) is 0.515. The van der Waals surface area contributed by atoms with Crippen LogP contribution in [0.4, 0.5) is 0 Å². The molecule has 1 aromatic carbocycles. The quantitative estimate of drug-likeness (QED) is 0.508. The molecule has 3 heterocycles. The summed E-state index contributed by atoms with van der Waals surface area (Å²) in [4.78, 5) is 27.1. The van der Waals surface area contributed by atoms with Crippen LogP contribution in [0, 0.1) is 5.41 Å². The van der Waals surface area contributed by atoms with E-state index in [0.29, 0.717) is 37.4 Å². The maximum Gasteiger partial charge on any atom is 0.303 e. The van der Waals surface area contributed by atoms with Crippen LogP contribution in [0.2, 0.25) is 0 Å². The summed E-state index contributed by atoms with van der Waals surface area (Å²) in [7, 11) is -0.841. The average Bonchev–Trinajstić information content (AvgIpc) is 3.19. The van der Waals surface area contributed by atoms with E-state index in [-0.39, 0.29) is 18.0 Å². The molecule has 43 heavy (non-hydrogen) atoms. The molecule has 10 heteroatoms. The summed E-state index contributed by atoms with van der Waals surface area (Å²) < 4.78 is 37.3. The molecule has 1 aromatic heterocycles. The minimum atomic E-state index is -3.99. The molecule has 2 aliphatic carbocycles. The molecule has 2 aliphatic heterocycles. The summed E-state index contributed by atoms with van der Waals surface area (Å²) in [5.74, 6) is 0.423. The Morgan fingerprint density at radius 3 is 2.58 bits per heavy atom. The van der Waals surface area contributed by atoms with Crippen molar-refractivity contribution in [1.82, 2.24) is 18.9 Å². The summed E-state index contributed by atoms with van der Waals surface area (Å²) >= 11 is 0. The first-order valence-electron chi connectivity index (χ1n) is 15.6. The standard InChI is InChI=1S/C33H42N4O5S/c1-36-17-8-4-7-16-34-31(38)25-19-33(15-9-12-26(20-33)42-2)21-29-30(23-10-5-3-6-11-23)27-14-13-24(18-28(27)37(29)22-25)32(39)35-43(36,40)41/h9,12-14,18-20,23H,3-8,10-11,15-17,21-22H2,1-2H3,(H,34,38)(H,35,39). The summed E-state index contributed by atoms with van der Waals surface area (Å²) in [6.07, 6.45) is 17.7. The predicted octanol–water partition coefficient (Wildman–Crippen LogP) is 4.85. The number of amides is 2. The zero-order chi connectivity index (χ0) is 30.2. The number of rotatable bonds is 2. The molecule has 2 N–H and O–H groups in total. The van der Waals surface area contributed by atoms with Gasteiger partial charge in [-0.1, -0.05) is 43.9 Å². The highest BCUT2D eigenvalue weighted by atomic mass is 32.2. The molecule has 0 radical (unpaired) electrons. The number of nitrogens with zero attached hydrogens (tertiary/aromatic N) is 2. The highest BCUT2D eigenvalue weighted by Crippen LogP contribution is 2.46. The lowest BCUT2D eigenvalue weighted by Crippen LogP contribution is -2.41. The van der Waals surface area contributed by atoms with E-state index in [4.69, 9.17) is 4.74 Å². The molecule has 6 rings (SSSR count). The van der Waals surface area contributed by atoms with E-state index >= 15 is 0 Å². The van der Waals surface area contributed by atoms with Crippen molar-refractivity contribution >= 4 is 32.9 Å². The van der Waals surface area contributed by atoms with Gasteiger partial charge in [0.25, 0.3) is 5.91 Å². The maximum atomic E-state index is 13.8. The number of nitrogens with one attached hydrogen (secondary N) is 2. The van der Waals surface area contributed by atoms with E-state index in [1.807, 2.05) is 12.1 Å². The van der Waals surface area contributed by atoms with E-state index in [0.717, 1.165) is 48.8 Å². The van der Waals surface area contributed by atoms with Crippen molar-refractivity contribution < 1.29 is 22.7 Å². The van der Waals surface area contributed by atoms with Crippen molar-refractivity contribution in [2.24, 2.45) is 5.41 Å². The van der Waals surface area contributed by atoms with Crippen molar-refractivity contribution in [3.63, 3.8) is 0 Å². The second kappa shape index (κ2) is 12.0. The van der Waals surface area contributed by atoms with Crippen LogP contribution >= 0.6 is 0 Å². The molecule has 2 amide bonds. The third-order valence-corrected chi connectivity index (χ3v) is 11.0. The van der Waals surface area contributed by atoms with Gasteiger partial charge in [0.2, 0.25) is 5.91 Å². The van der Waals surface area contributed by atoms with E-state index in [2.05, 4.69) is 32.8 Å². The van der Waals surface area contributed by atoms with E-state index in [1.165, 1.54) is 41.9 Å². The van der Waals surface area contributed by atoms with Gasteiger partial charge in [0.15, 0.2) is 0 Å². The number of ether oxygens (including phenoxy) is 1. The molecule has 0 saturated heterocycles. The highest BCUT2D eigenvalue weighted by Gasteiger charge is 2.37. The van der Waals surface area contributed by atoms with Crippen molar-refractivity contribution in [2.75, 3.05) is 27.2 Å². The predicted molar refractivity (Wildman–Crippen MR) is 167 cm³/mol. The van der Waals surface area contributed by atoms with Crippen molar-refractivity contribution in [2.45, 2.75) is 76.7 Å². The van der Waals surface area contributed by atoms with Crippen LogP contribution in [0.25, 0.3) is 10.9 Å². The first-order chi connectivity index (χ1) is 20.7. The summed E-state index contributed by atoms with van der Waals surface area (Å²) in [5.41, 5.74) is 3.88. The first kappa shape index (κ1) is 29.7. The third-order valence-electron chi connectivity index (χ3n) is 9.58. The molecular weight excluding hydrogens is 564 g/mol. The fourth-order valence-corrected chi connectivity index (χ4v) is 8.19. The van der Waals surface area contributed by atoms with Gasteiger partial charge in [-0.2, -0.15) is 12.7 Å². The Morgan fingerprint density at radius 2 is 1.79 bits per heavy atom. The van der Waals surface area contributed by atoms with E-state index in [1.54, 1.807) is 19.2 Å². The van der Waals surface area contributed by atoms with Gasteiger partial charge in [-0.25, -0.2) is 4.72 Å². The van der Waals surface area contributed by atoms with Crippen LogP contribution in [0.1, 0.15) is 85.3 Å². The number of benzene rings is 1. The van der Waals surface area contributed by atoms with Crippen molar-refractivity contribution in [3.8, 4) is 0 Å². The van der Waals surface area contributed by atoms with Crippen LogP contribution in [0.15, 0.2) is 53.8 Å². The molecule has 9 nitrogen and oxygen atoms in total. The number of hydrogen-bond acceptors (Lipinski definition) is 5. The zero-order valence-corrected chi connectivity index (χ0v) is 26.0. The minimum Gasteiger partial charge on any atom is -0.497 e. The number of hydrogen-bond donors (Lipinski definition) is 2. The SMILES string of the molecule is COC1=CC2(C=C3Cn4c(c(C5CCCCC5)c5ccc(cc54)C(=O)NS(=O)(=O)N(C)CCCCCNC3=O)C2)CC=C1. The van der Waals surface area contributed by atoms with Gasteiger partial charge >= 0.3 is 10.2 Å². The Morgan fingerprint density at radius 1 is 1.00 bits per heavy atom. The average molecular weight is 607 g/mol. The Balaban J connectivity index is 1.55. The molecule has 1 unspecified atom stereocenters. The smallest absolute Gasteiger partial charge is 0.303 e. The number of methoxy groups -OCH3 is 1. The van der Waals surface area contributed by atoms with Gasteiger partial charge in [-0.15, -0.1) is 0 Å². The number of carbonyl (C=O) groups excluding carboxylic acids is 2. The van der Waals surface area contributed by atoms with E-state index in [9.17, 15) is 18.0 Å². The van der Waals surface area contributed by atoms with Crippen LogP contribution in [-0.2, 0) is 32.7 Å². The van der Waals surface area contributed by atoms with Crippen molar-refractivity contribution in [1.29, 1.82) is 0 Å². The Bertz CT molecular complexity index is 1630. The number of allylic oxidation sites excluding steroid dienone is 4. The second-order valence-electron chi connectivity index (χ2n) is 12.5. The van der Waals surface area contributed by atoms with E-state index < -0.39 is 21.5 Å². The third kappa shape index (κ3) is 5.91. The highest BCUT2D eigenvalue weighted by molar-refractivity contribution is 7.87. The zero-order valence-electron chi connectivity index (χ0n) is 25.2. The normalized spacial score (nSPS) is 25.6. The minimum absolute atomic E-state index is 0.0897. The van der Waals surface area contributed by atoms with Crippen LogP contribution in [0.5, 0.6) is 0 Å². The van der Waals surface area contributed by atoms with Gasteiger partial charge < -0.3 is 14.6 Å². The Hall–Kier alpha value is -3.37. The second-order valence-corrected chi connectivity index (χ2v) is 14.3. The van der Waals surface area contributed by atoms with Gasteiger partial charge in [0.1, 0.15) is 5.76 Å². The summed E-state index contributed by atoms with van der Waals surface area (Å²) in [6.45, 7) is 1.16. The summed E-state index contributed by atoms with van der Waals surface area (Å²) in [5, 5.41) is 4.22. The molecule has 1 fully saturated rings. The maximum absolute atomic E-state index is 13.8. The van der Waals surface area contributed by atoms with Gasteiger partial charge in [0.05, 0.1) is 13.7 Å². The molecule has 1 spiro atoms. The summed E-state index contributed by atoms with van der Waals surface area (Å²) in [6, 6.07) is 5.52. The molecule has 4 bridgehead atoms. The van der Waals surface area contributed by atoms with Gasteiger partial charge in [0, 0.05) is 59.7 Å². The lowest BCUT2D eigenvalue weighted by Gasteiger charge is -2.31. The van der Waals surface area contributed by atoms with Crippen LogP contribution in [-0.4, -0.2) is 56.4 Å². The lowest BCUT2D eigenvalue weighted by molar-refractivity contribution is -0.117. The number of fused-ring (bicyclic) bond motifs is 2. The molecule has 230 valence electrons. The Labute approximate surface area is 254 Å². The number of aromatic nitrogens is 1. The Kier molecular flexibility index (Phi) is 8.26. The fourth-order valence-electron chi connectivity index (χ4n) is 7.31.